The average molecular weight is 351 g/mol. The third kappa shape index (κ3) is 3.34. The maximum Gasteiger partial charge on any atom is 0.101 e. The molecular weight excluding hydrogens is 332 g/mol. The van der Waals surface area contributed by atoms with E-state index in [1.165, 1.54) is 11.1 Å². The van der Waals surface area contributed by atoms with E-state index in [1.54, 1.807) is 0 Å². The van der Waals surface area contributed by atoms with E-state index in [9.17, 15) is 5.26 Å². The minimum atomic E-state index is 0.268. The number of hydrogen-bond donors (Lipinski definition) is 0. The molecule has 4 rings (SSSR count). The molecule has 2 atom stereocenters. The molecule has 2 aromatic carbocycles. The summed E-state index contributed by atoms with van der Waals surface area (Å²) in [6, 6.07) is 19.1. The molecule has 4 heteroatoms. The molecule has 2 unspecified atom stereocenters. The van der Waals surface area contributed by atoms with Crippen molar-refractivity contribution in [2.75, 3.05) is 13.2 Å². The Morgan fingerprint density at radius 3 is 2.76 bits per heavy atom. The number of fused-ring (bicyclic) bond motifs is 2. The van der Waals surface area contributed by atoms with Crippen molar-refractivity contribution in [3.63, 3.8) is 0 Å². The lowest BCUT2D eigenvalue weighted by Crippen LogP contribution is -2.53. The lowest BCUT2D eigenvalue weighted by atomic mass is 9.89. The zero-order chi connectivity index (χ0) is 17.2. The third-order valence-electron chi connectivity index (χ3n) is 5.01. The van der Waals surface area contributed by atoms with Gasteiger partial charge in [0.05, 0.1) is 29.8 Å². The zero-order valence-electron chi connectivity index (χ0n) is 13.9. The molecule has 2 heterocycles. The predicted molar refractivity (Wildman–Crippen MR) is 99.1 cm³/mol. The van der Waals surface area contributed by atoms with Crippen LogP contribution in [0.2, 0.25) is 5.02 Å². The third-order valence-corrected chi connectivity index (χ3v) is 5.34. The van der Waals surface area contributed by atoms with Gasteiger partial charge in [0.1, 0.15) is 6.07 Å². The van der Waals surface area contributed by atoms with E-state index in [0.717, 1.165) is 25.1 Å². The van der Waals surface area contributed by atoms with Crippen LogP contribution in [0.4, 0.5) is 0 Å². The Bertz CT molecular complexity index is 841. The molecule has 3 nitrogen and oxygen atoms in total. The Kier molecular flexibility index (Phi) is 4.59. The van der Waals surface area contributed by atoms with Crippen LogP contribution in [-0.2, 0) is 11.3 Å². The molecule has 2 aliphatic heterocycles. The number of hydrogen-bond acceptors (Lipinski definition) is 3. The highest BCUT2D eigenvalue weighted by Gasteiger charge is 2.34. The molecule has 2 bridgehead atoms. The Morgan fingerprint density at radius 2 is 2.00 bits per heavy atom. The molecule has 126 valence electrons. The summed E-state index contributed by atoms with van der Waals surface area (Å²) in [5.74, 6) is 0. The van der Waals surface area contributed by atoms with E-state index in [0.29, 0.717) is 23.2 Å². The topological polar surface area (TPSA) is 36.3 Å². The highest BCUT2D eigenvalue weighted by Crippen LogP contribution is 2.34. The first-order valence-electron chi connectivity index (χ1n) is 8.53. The predicted octanol–water partition coefficient (Wildman–Crippen LogP) is 4.27. The molecule has 1 saturated heterocycles. The monoisotopic (exact) mass is 350 g/mol. The molecule has 2 aromatic rings. The lowest BCUT2D eigenvalue weighted by Gasteiger charge is -2.45. The van der Waals surface area contributed by atoms with Gasteiger partial charge in [-0.2, -0.15) is 5.26 Å². The van der Waals surface area contributed by atoms with Crippen LogP contribution in [0.1, 0.15) is 23.1 Å². The van der Waals surface area contributed by atoms with Crippen LogP contribution in [0.5, 0.6) is 0 Å². The average Bonchev–Trinajstić information content (AvgIpc) is 2.63. The number of benzene rings is 2. The molecule has 0 aromatic heterocycles. The van der Waals surface area contributed by atoms with Gasteiger partial charge >= 0.3 is 0 Å². The second-order valence-electron chi connectivity index (χ2n) is 6.62. The fourth-order valence-corrected chi connectivity index (χ4v) is 3.89. The fourth-order valence-electron chi connectivity index (χ4n) is 3.73. The van der Waals surface area contributed by atoms with Crippen LogP contribution >= 0.6 is 11.6 Å². The zero-order valence-corrected chi connectivity index (χ0v) is 14.6. The quantitative estimate of drug-likeness (QED) is 0.829. The van der Waals surface area contributed by atoms with Gasteiger partial charge in [-0.05, 0) is 35.3 Å². The largest absolute Gasteiger partial charge is 0.378 e. The summed E-state index contributed by atoms with van der Waals surface area (Å²) in [6.45, 7) is 2.40. The summed E-state index contributed by atoms with van der Waals surface area (Å²) in [4.78, 5) is 2.53. The fraction of sp³-hybridized carbons (Fsp3) is 0.286. The highest BCUT2D eigenvalue weighted by molar-refractivity contribution is 6.31. The summed E-state index contributed by atoms with van der Waals surface area (Å²) < 4.78 is 5.79. The van der Waals surface area contributed by atoms with Gasteiger partial charge < -0.3 is 4.74 Å². The van der Waals surface area contributed by atoms with Crippen molar-refractivity contribution in [1.82, 2.24) is 4.90 Å². The minimum Gasteiger partial charge on any atom is -0.378 e. The Balaban J connectivity index is 1.62. The Labute approximate surface area is 153 Å². The van der Waals surface area contributed by atoms with Crippen molar-refractivity contribution >= 4 is 17.2 Å². The van der Waals surface area contributed by atoms with Crippen LogP contribution in [0.15, 0.2) is 54.6 Å². The number of rotatable bonds is 3. The molecule has 1 fully saturated rings. The SMILES string of the molecule is N#Cc1cc(C2=CC3COCC(C2)N3Cc2ccccc2)ccc1Cl. The standard InChI is InChI=1S/C21H19ClN2O/c22-21-7-6-16(8-18(21)11-23)17-9-19-13-25-14-20(10-17)24(19)12-15-4-2-1-3-5-15/h1-9,19-20H,10,12-14H2. The Morgan fingerprint density at radius 1 is 1.16 bits per heavy atom. The van der Waals surface area contributed by atoms with Gasteiger partial charge in [0.2, 0.25) is 0 Å². The number of nitrogens with zero attached hydrogens (tertiary/aromatic N) is 2. The van der Waals surface area contributed by atoms with Crippen molar-refractivity contribution in [3.8, 4) is 6.07 Å². The number of nitriles is 1. The van der Waals surface area contributed by atoms with E-state index < -0.39 is 0 Å². The first-order valence-corrected chi connectivity index (χ1v) is 8.90. The van der Waals surface area contributed by atoms with E-state index in [4.69, 9.17) is 16.3 Å². The lowest BCUT2D eigenvalue weighted by molar-refractivity contribution is -0.0402. The highest BCUT2D eigenvalue weighted by atomic mass is 35.5. The van der Waals surface area contributed by atoms with Crippen molar-refractivity contribution in [2.24, 2.45) is 0 Å². The van der Waals surface area contributed by atoms with Crippen molar-refractivity contribution in [2.45, 2.75) is 25.0 Å². The van der Waals surface area contributed by atoms with Crippen molar-refractivity contribution < 1.29 is 4.74 Å². The molecule has 2 aliphatic rings. The summed E-state index contributed by atoms with van der Waals surface area (Å²) in [7, 11) is 0. The molecule has 0 aliphatic carbocycles. The summed E-state index contributed by atoms with van der Waals surface area (Å²) in [6.07, 6.45) is 3.22. The molecule has 0 amide bonds. The number of ether oxygens (including phenoxy) is 1. The molecular formula is C21H19ClN2O. The van der Waals surface area contributed by atoms with Crippen LogP contribution in [0.3, 0.4) is 0 Å². The molecule has 0 N–H and O–H groups in total. The molecule has 0 radical (unpaired) electrons. The van der Waals surface area contributed by atoms with Crippen LogP contribution in [-0.4, -0.2) is 30.2 Å². The minimum absolute atomic E-state index is 0.268. The molecule has 25 heavy (non-hydrogen) atoms. The first-order chi connectivity index (χ1) is 12.2. The van der Waals surface area contributed by atoms with E-state index in [2.05, 4.69) is 47.4 Å². The Hall–Kier alpha value is -2.12. The number of halogens is 1. The smallest absolute Gasteiger partial charge is 0.101 e. The second-order valence-corrected chi connectivity index (χ2v) is 7.03. The van der Waals surface area contributed by atoms with E-state index >= 15 is 0 Å². The maximum absolute atomic E-state index is 9.23. The van der Waals surface area contributed by atoms with Gasteiger partial charge in [-0.1, -0.05) is 54.1 Å². The van der Waals surface area contributed by atoms with Crippen molar-refractivity contribution in [3.05, 3.63) is 76.3 Å². The summed E-state index contributed by atoms with van der Waals surface area (Å²) in [5.41, 5.74) is 4.25. The van der Waals surface area contributed by atoms with Gasteiger partial charge in [0.25, 0.3) is 0 Å². The van der Waals surface area contributed by atoms with E-state index in [1.807, 2.05) is 18.2 Å². The summed E-state index contributed by atoms with van der Waals surface area (Å²) >= 11 is 6.07. The van der Waals surface area contributed by atoms with Crippen LogP contribution < -0.4 is 0 Å². The first kappa shape index (κ1) is 16.4. The van der Waals surface area contributed by atoms with E-state index in [-0.39, 0.29) is 6.04 Å². The van der Waals surface area contributed by atoms with Gasteiger partial charge in [-0.25, -0.2) is 0 Å². The van der Waals surface area contributed by atoms with Gasteiger partial charge in [-0.3, -0.25) is 4.90 Å². The van der Waals surface area contributed by atoms with Gasteiger partial charge in [0.15, 0.2) is 0 Å². The number of morpholine rings is 1. The molecule has 0 spiro atoms. The van der Waals surface area contributed by atoms with Crippen LogP contribution in [0.25, 0.3) is 5.57 Å². The normalized spacial score (nSPS) is 23.0. The van der Waals surface area contributed by atoms with Crippen molar-refractivity contribution in [1.29, 1.82) is 5.26 Å². The van der Waals surface area contributed by atoms with Gasteiger partial charge in [-0.15, -0.1) is 0 Å². The van der Waals surface area contributed by atoms with Crippen LogP contribution in [0, 0.1) is 11.3 Å². The summed E-state index contributed by atoms with van der Waals surface area (Å²) in [5, 5.41) is 9.74. The maximum atomic E-state index is 9.23. The second kappa shape index (κ2) is 7.01. The van der Waals surface area contributed by atoms with Gasteiger partial charge in [0, 0.05) is 12.6 Å². The molecule has 0 saturated carbocycles.